The molecule has 1 aromatic heterocycles. The topological polar surface area (TPSA) is 25.0 Å². The molecule has 1 heterocycles. The molecule has 128 valence electrons. The molecule has 0 aliphatic rings. The van der Waals surface area contributed by atoms with Gasteiger partial charge in [-0.3, -0.25) is 0 Å². The summed E-state index contributed by atoms with van der Waals surface area (Å²) in [7, 11) is 0. The van der Waals surface area contributed by atoms with E-state index in [1.54, 1.807) is 0 Å². The monoisotopic (exact) mass is 339 g/mol. The van der Waals surface area contributed by atoms with Crippen LogP contribution in [0.4, 0.5) is 0 Å². The summed E-state index contributed by atoms with van der Waals surface area (Å²) in [5.41, 5.74) is 3.73. The summed E-state index contributed by atoms with van der Waals surface area (Å²) in [5, 5.41) is 1.28. The highest BCUT2D eigenvalue weighted by molar-refractivity contribution is 5.83. The molecular formula is C24H21NO. The number of H-pyrrole nitrogens is 1. The van der Waals surface area contributed by atoms with Crippen LogP contribution >= 0.6 is 0 Å². The van der Waals surface area contributed by atoms with Gasteiger partial charge in [0.05, 0.1) is 0 Å². The van der Waals surface area contributed by atoms with Crippen LogP contribution in [0.1, 0.15) is 17.0 Å². The molecule has 26 heavy (non-hydrogen) atoms. The van der Waals surface area contributed by atoms with Crippen LogP contribution < -0.4 is 4.74 Å². The minimum absolute atomic E-state index is 0.264. The lowest BCUT2D eigenvalue weighted by Crippen LogP contribution is -1.99. The predicted octanol–water partition coefficient (Wildman–Crippen LogP) is 6.47. The Bertz CT molecular complexity index is 999. The van der Waals surface area contributed by atoms with E-state index >= 15 is 0 Å². The van der Waals surface area contributed by atoms with Crippen molar-refractivity contribution in [3.63, 3.8) is 0 Å². The molecule has 2 heteroatoms. The highest BCUT2D eigenvalue weighted by Gasteiger charge is 2.12. The molecule has 4 rings (SSSR count). The Morgan fingerprint density at radius 2 is 1.54 bits per heavy atom. The average molecular weight is 339 g/mol. The van der Waals surface area contributed by atoms with E-state index < -0.39 is 0 Å². The minimum atomic E-state index is 0.264. The van der Waals surface area contributed by atoms with Crippen LogP contribution in [-0.4, -0.2) is 4.98 Å². The van der Waals surface area contributed by atoms with Gasteiger partial charge in [-0.05, 0) is 47.9 Å². The third kappa shape index (κ3) is 3.40. The Hall–Kier alpha value is -3.26. The fourth-order valence-corrected chi connectivity index (χ4v) is 3.28. The number of ether oxygens (including phenoxy) is 1. The number of hydrogen-bond donors (Lipinski definition) is 1. The van der Waals surface area contributed by atoms with E-state index in [1.807, 2.05) is 48.5 Å². The normalized spacial score (nSPS) is 12.0. The molecule has 0 amide bonds. The Labute approximate surface area is 153 Å². The lowest BCUT2D eigenvalue weighted by Gasteiger charge is -2.14. The number of rotatable bonds is 6. The Balaban J connectivity index is 1.52. The maximum atomic E-state index is 5.88. The third-order valence-electron chi connectivity index (χ3n) is 4.69. The number of hydrogen-bond acceptors (Lipinski definition) is 1. The van der Waals surface area contributed by atoms with Crippen molar-refractivity contribution < 1.29 is 4.74 Å². The van der Waals surface area contributed by atoms with Crippen molar-refractivity contribution in [2.45, 2.75) is 12.3 Å². The molecule has 0 bridgehead atoms. The number of fused-ring (bicyclic) bond motifs is 1. The van der Waals surface area contributed by atoms with Gasteiger partial charge in [-0.25, -0.2) is 0 Å². The van der Waals surface area contributed by atoms with Gasteiger partial charge in [0, 0.05) is 23.0 Å². The van der Waals surface area contributed by atoms with Crippen LogP contribution in [0.2, 0.25) is 0 Å². The zero-order chi connectivity index (χ0) is 17.8. The molecule has 1 N–H and O–H groups in total. The molecule has 0 fully saturated rings. The summed E-state index contributed by atoms with van der Waals surface area (Å²) in [6.45, 7) is 4.05. The first kappa shape index (κ1) is 16.2. The SMILES string of the molecule is C=C[C@@H](Cc1c[nH]c2ccccc12)c1ccc(Oc2ccccc2)cc1. The summed E-state index contributed by atoms with van der Waals surface area (Å²) in [6.07, 6.45) is 5.05. The van der Waals surface area contributed by atoms with Crippen molar-refractivity contribution in [2.24, 2.45) is 0 Å². The van der Waals surface area contributed by atoms with Gasteiger partial charge in [0.1, 0.15) is 11.5 Å². The molecule has 0 unspecified atom stereocenters. The van der Waals surface area contributed by atoms with Gasteiger partial charge < -0.3 is 9.72 Å². The first-order valence-electron chi connectivity index (χ1n) is 8.84. The maximum absolute atomic E-state index is 5.88. The smallest absolute Gasteiger partial charge is 0.127 e. The van der Waals surface area contributed by atoms with E-state index in [0.717, 1.165) is 17.9 Å². The Morgan fingerprint density at radius 1 is 0.846 bits per heavy atom. The van der Waals surface area contributed by atoms with Crippen molar-refractivity contribution in [3.8, 4) is 11.5 Å². The van der Waals surface area contributed by atoms with Crippen LogP contribution in [0, 0.1) is 0 Å². The lowest BCUT2D eigenvalue weighted by atomic mass is 9.92. The average Bonchev–Trinajstić information content (AvgIpc) is 3.11. The van der Waals surface area contributed by atoms with E-state index in [4.69, 9.17) is 4.74 Å². The van der Waals surface area contributed by atoms with E-state index in [2.05, 4.69) is 54.2 Å². The fourth-order valence-electron chi connectivity index (χ4n) is 3.28. The summed E-state index contributed by atoms with van der Waals surface area (Å²) >= 11 is 0. The van der Waals surface area contributed by atoms with Crippen LogP contribution in [0.3, 0.4) is 0 Å². The van der Waals surface area contributed by atoms with Gasteiger partial charge in [-0.1, -0.05) is 54.6 Å². The Kier molecular flexibility index (Phi) is 4.57. The molecule has 0 radical (unpaired) electrons. The van der Waals surface area contributed by atoms with Crippen LogP contribution in [0.25, 0.3) is 10.9 Å². The summed E-state index contributed by atoms with van der Waals surface area (Å²) in [4.78, 5) is 3.35. The van der Waals surface area contributed by atoms with E-state index in [0.29, 0.717) is 0 Å². The number of allylic oxidation sites excluding steroid dienone is 1. The van der Waals surface area contributed by atoms with Gasteiger partial charge in [-0.15, -0.1) is 6.58 Å². The van der Waals surface area contributed by atoms with Crippen LogP contribution in [-0.2, 0) is 6.42 Å². The molecule has 2 nitrogen and oxygen atoms in total. The molecule has 4 aromatic rings. The summed E-state index contributed by atoms with van der Waals surface area (Å²) < 4.78 is 5.88. The van der Waals surface area contributed by atoms with Crippen LogP contribution in [0.15, 0.2) is 97.7 Å². The zero-order valence-corrected chi connectivity index (χ0v) is 14.6. The quantitative estimate of drug-likeness (QED) is 0.400. The van der Waals surface area contributed by atoms with E-state index in [1.165, 1.54) is 22.0 Å². The molecule has 0 spiro atoms. The largest absolute Gasteiger partial charge is 0.457 e. The molecule has 0 saturated carbocycles. The number of aromatic nitrogens is 1. The van der Waals surface area contributed by atoms with Gasteiger partial charge >= 0.3 is 0 Å². The van der Waals surface area contributed by atoms with Crippen LogP contribution in [0.5, 0.6) is 11.5 Å². The molecule has 0 saturated heterocycles. The maximum Gasteiger partial charge on any atom is 0.127 e. The highest BCUT2D eigenvalue weighted by Crippen LogP contribution is 2.29. The van der Waals surface area contributed by atoms with Crippen molar-refractivity contribution in [3.05, 3.63) is 109 Å². The second-order valence-electron chi connectivity index (χ2n) is 6.39. The molecule has 0 aliphatic heterocycles. The number of para-hydroxylation sites is 2. The van der Waals surface area contributed by atoms with Gasteiger partial charge in [0.2, 0.25) is 0 Å². The minimum Gasteiger partial charge on any atom is -0.457 e. The molecule has 1 atom stereocenters. The lowest BCUT2D eigenvalue weighted by molar-refractivity contribution is 0.482. The third-order valence-corrected chi connectivity index (χ3v) is 4.69. The van der Waals surface area contributed by atoms with Crippen molar-refractivity contribution in [1.82, 2.24) is 4.98 Å². The van der Waals surface area contributed by atoms with Crippen molar-refractivity contribution in [1.29, 1.82) is 0 Å². The van der Waals surface area contributed by atoms with E-state index in [9.17, 15) is 0 Å². The van der Waals surface area contributed by atoms with Gasteiger partial charge in [0.15, 0.2) is 0 Å². The first-order chi connectivity index (χ1) is 12.8. The van der Waals surface area contributed by atoms with E-state index in [-0.39, 0.29) is 5.92 Å². The number of aromatic amines is 1. The standard InChI is InChI=1S/C24H21NO/c1-2-18(16-20-17-25-24-11-7-6-10-23(20)24)19-12-14-22(15-13-19)26-21-8-4-3-5-9-21/h2-15,17-18,25H,1,16H2/t18-/m0/s1. The number of nitrogens with one attached hydrogen (secondary N) is 1. The summed E-state index contributed by atoms with van der Waals surface area (Å²) in [5.74, 6) is 1.95. The van der Waals surface area contributed by atoms with Crippen molar-refractivity contribution in [2.75, 3.05) is 0 Å². The molecular weight excluding hydrogens is 318 g/mol. The highest BCUT2D eigenvalue weighted by atomic mass is 16.5. The van der Waals surface area contributed by atoms with Gasteiger partial charge in [-0.2, -0.15) is 0 Å². The predicted molar refractivity (Wildman–Crippen MR) is 108 cm³/mol. The Morgan fingerprint density at radius 3 is 2.31 bits per heavy atom. The first-order valence-corrected chi connectivity index (χ1v) is 8.84. The fraction of sp³-hybridized carbons (Fsp3) is 0.0833. The number of benzene rings is 3. The molecule has 3 aromatic carbocycles. The second kappa shape index (κ2) is 7.32. The summed E-state index contributed by atoms with van der Waals surface area (Å²) in [6, 6.07) is 26.5. The second-order valence-corrected chi connectivity index (χ2v) is 6.39. The van der Waals surface area contributed by atoms with Crippen molar-refractivity contribution >= 4 is 10.9 Å². The zero-order valence-electron chi connectivity index (χ0n) is 14.6. The molecule has 0 aliphatic carbocycles. The van der Waals surface area contributed by atoms with Gasteiger partial charge in [0.25, 0.3) is 0 Å².